The van der Waals surface area contributed by atoms with Crippen molar-refractivity contribution < 1.29 is 26.5 Å². The van der Waals surface area contributed by atoms with Gasteiger partial charge in [-0.05, 0) is 66.3 Å². The molecule has 2 N–H and O–H groups in total. The number of nitrogens with zero attached hydrogens (tertiary/aromatic N) is 6. The molecule has 8 nitrogen and oxygen atoms in total. The molecule has 0 aliphatic carbocycles. The molecule has 0 spiro atoms. The van der Waals surface area contributed by atoms with E-state index in [2.05, 4.69) is 101 Å². The van der Waals surface area contributed by atoms with E-state index in [1.54, 1.807) is 12.4 Å². The summed E-state index contributed by atoms with van der Waals surface area (Å²) in [5.74, 6) is 1.81. The number of nitrogens with one attached hydrogen (secondary N) is 2. The quantitative estimate of drug-likeness (QED) is 0.256. The van der Waals surface area contributed by atoms with Gasteiger partial charge in [0.15, 0.2) is 0 Å². The van der Waals surface area contributed by atoms with Crippen molar-refractivity contribution in [1.82, 2.24) is 29.9 Å². The van der Waals surface area contributed by atoms with Crippen LogP contribution in [0.25, 0.3) is 22.3 Å². The Morgan fingerprint density at radius 1 is 0.415 bits per heavy atom. The van der Waals surface area contributed by atoms with Crippen molar-refractivity contribution in [3.05, 3.63) is 213 Å². The number of pyridine rings is 2. The Labute approximate surface area is 314 Å². The summed E-state index contributed by atoms with van der Waals surface area (Å²) in [7, 11) is 0. The molecule has 256 valence electrons. The molecule has 2 aliphatic heterocycles. The van der Waals surface area contributed by atoms with Crippen molar-refractivity contribution in [3.8, 4) is 0 Å². The number of hydrogen-bond donors (Lipinski definition) is 2. The smallest absolute Gasteiger partial charge is 0.664 e. The summed E-state index contributed by atoms with van der Waals surface area (Å²) in [5.41, 5.74) is 10.4. The summed E-state index contributed by atoms with van der Waals surface area (Å²) in [4.78, 5) is 33.1. The number of aromatic nitrogens is 6. The third-order valence-corrected chi connectivity index (χ3v) is 9.11. The molecule has 0 fully saturated rings. The maximum absolute atomic E-state index is 4.47. The van der Waals surface area contributed by atoms with Gasteiger partial charge in [0.1, 0.15) is 12.4 Å². The van der Waals surface area contributed by atoms with Gasteiger partial charge in [0.2, 0.25) is 0 Å². The molecule has 6 aromatic heterocycles. The summed E-state index contributed by atoms with van der Waals surface area (Å²) < 4.78 is 0. The summed E-state index contributed by atoms with van der Waals surface area (Å²) in [5, 5.41) is 4.50. The van der Waals surface area contributed by atoms with Crippen molar-refractivity contribution >= 4 is 46.4 Å². The molecule has 0 bridgehead atoms. The molecular weight excluding hydrogens is 699 g/mol. The predicted octanol–water partition coefficient (Wildman–Crippen LogP) is 0.475. The Morgan fingerprint density at radius 3 is 1.09 bits per heavy atom. The molecule has 0 atom stereocenters. The van der Waals surface area contributed by atoms with Gasteiger partial charge in [-0.25, -0.2) is 9.98 Å². The van der Waals surface area contributed by atoms with Crippen LogP contribution in [0.3, 0.4) is 0 Å². The first-order chi connectivity index (χ1) is 25.8. The fourth-order valence-electron chi connectivity index (χ4n) is 6.67. The van der Waals surface area contributed by atoms with Crippen molar-refractivity contribution in [2.24, 2.45) is 0 Å². The number of benzene rings is 2. The molecule has 0 saturated carbocycles. The second kappa shape index (κ2) is 14.8. The maximum Gasteiger partial charge on any atom is 2.00 e. The number of hydrogen-bond acceptors (Lipinski definition) is 2. The molecule has 2 aliphatic rings. The molecule has 0 saturated heterocycles. The Kier molecular flexibility index (Phi) is 9.31. The maximum atomic E-state index is 4.47. The van der Waals surface area contributed by atoms with Crippen LogP contribution in [0.4, 0.5) is 11.6 Å². The van der Waals surface area contributed by atoms with E-state index in [4.69, 9.17) is 0 Å². The molecule has 0 unspecified atom stereocenters. The summed E-state index contributed by atoms with van der Waals surface area (Å²) >= 11 is 0. The summed E-state index contributed by atoms with van der Waals surface area (Å²) in [6.45, 7) is 0. The van der Waals surface area contributed by atoms with Crippen LogP contribution in [-0.4, -0.2) is 22.4 Å². The monoisotopic (exact) mass is 728 g/mol. The van der Waals surface area contributed by atoms with Crippen LogP contribution in [0.15, 0.2) is 159 Å². The first-order valence-electron chi connectivity index (χ1n) is 16.9. The standard InChI is InChI=1S/2C22H14N4.Ni/c2*1-4-17-18(14-26-22(17)25-13-1)15-7-9-16(10-8-15)21(19-5-2-11-23-19)20-6-3-12-24-20;/h2*1-14H;/q2*-2;+2/p+2. The number of rotatable bonds is 4. The largest absolute Gasteiger partial charge is 2.00 e. The van der Waals surface area contributed by atoms with Gasteiger partial charge in [0.25, 0.3) is 0 Å². The molecular formula is C44H30N8Ni. The van der Waals surface area contributed by atoms with Gasteiger partial charge in [-0.3, -0.25) is 0 Å². The predicted molar refractivity (Wildman–Crippen MR) is 201 cm³/mol. The minimum absolute atomic E-state index is 0. The minimum atomic E-state index is 0. The molecule has 0 radical (unpaired) electrons. The van der Waals surface area contributed by atoms with Crippen LogP contribution >= 0.6 is 0 Å². The van der Waals surface area contributed by atoms with Crippen LogP contribution in [0.2, 0.25) is 0 Å². The number of fused-ring (bicyclic) bond motifs is 2. The van der Waals surface area contributed by atoms with E-state index in [9.17, 15) is 0 Å². The minimum Gasteiger partial charge on any atom is -0.664 e. The van der Waals surface area contributed by atoms with Crippen LogP contribution in [0.5, 0.6) is 0 Å². The Morgan fingerprint density at radius 2 is 0.774 bits per heavy atom. The fraction of sp³-hybridized carbons (Fsp3) is 0. The Hall–Kier alpha value is -6.83. The van der Waals surface area contributed by atoms with Gasteiger partial charge in [-0.15, -0.1) is 22.8 Å². The second-order valence-electron chi connectivity index (χ2n) is 12.2. The van der Waals surface area contributed by atoms with Crippen molar-refractivity contribution in [2.75, 3.05) is 0 Å². The van der Waals surface area contributed by atoms with Crippen LogP contribution < -0.4 is 50.8 Å². The van der Waals surface area contributed by atoms with E-state index >= 15 is 0 Å². The first-order valence-corrected chi connectivity index (χ1v) is 16.9. The van der Waals surface area contributed by atoms with E-state index in [-0.39, 0.29) is 16.5 Å². The van der Waals surface area contributed by atoms with Crippen LogP contribution in [-0.2, 0) is 16.5 Å². The van der Waals surface area contributed by atoms with Crippen molar-refractivity contribution in [1.29, 1.82) is 0 Å². The van der Waals surface area contributed by atoms with Gasteiger partial charge in [-0.1, -0.05) is 97.1 Å². The first kappa shape index (κ1) is 33.3. The van der Waals surface area contributed by atoms with Gasteiger partial charge in [0.05, 0.1) is 23.6 Å². The molecule has 2 aromatic carbocycles. The van der Waals surface area contributed by atoms with E-state index in [0.29, 0.717) is 0 Å². The van der Waals surface area contributed by atoms with Gasteiger partial charge >= 0.3 is 28.1 Å². The van der Waals surface area contributed by atoms with Gasteiger partial charge < -0.3 is 19.9 Å². The van der Waals surface area contributed by atoms with Crippen LogP contribution in [0, 0.1) is 0 Å². The van der Waals surface area contributed by atoms with Crippen molar-refractivity contribution in [3.63, 3.8) is 0 Å². The SMILES string of the molecule is C1=[NH+]c2ncccc2C1=c1ccc(=C(c2ccc[n-]2)c2ccc[n-]2)cc1.C1=[NH+]c2ncccc2C1=c1ccc(=C(c2ccc[n-]2)c2ccc[n-]2)cc1.[Ni+2]. The second-order valence-corrected chi connectivity index (χ2v) is 12.2. The van der Waals surface area contributed by atoms with Gasteiger partial charge in [-0.2, -0.15) is 24.8 Å². The zero-order valence-corrected chi connectivity index (χ0v) is 29.2. The zero-order valence-electron chi connectivity index (χ0n) is 28.2. The topological polar surface area (TPSA) is 110 Å². The summed E-state index contributed by atoms with van der Waals surface area (Å²) in [6, 6.07) is 41.0. The fourth-order valence-corrected chi connectivity index (χ4v) is 6.67. The van der Waals surface area contributed by atoms with E-state index in [1.807, 2.05) is 97.9 Å². The Balaban J connectivity index is 0.000000148. The van der Waals surface area contributed by atoms with E-state index in [0.717, 1.165) is 88.7 Å². The average molecular weight is 729 g/mol. The van der Waals surface area contributed by atoms with Crippen LogP contribution in [0.1, 0.15) is 33.9 Å². The van der Waals surface area contributed by atoms with Gasteiger partial charge in [0, 0.05) is 11.1 Å². The molecule has 8 aromatic rings. The molecule has 8 heterocycles. The molecule has 9 heteroatoms. The molecule has 53 heavy (non-hydrogen) atoms. The average Bonchev–Trinajstić information content (AvgIpc) is 4.04. The zero-order chi connectivity index (χ0) is 34.7. The van der Waals surface area contributed by atoms with E-state index < -0.39 is 0 Å². The molecule has 0 amide bonds. The summed E-state index contributed by atoms with van der Waals surface area (Å²) in [6.07, 6.45) is 14.9. The Bertz CT molecular complexity index is 2510. The third kappa shape index (κ3) is 6.57. The molecule has 10 rings (SSSR count). The normalized spacial score (nSPS) is 12.2. The van der Waals surface area contributed by atoms with Crippen molar-refractivity contribution in [2.45, 2.75) is 0 Å². The van der Waals surface area contributed by atoms with E-state index in [1.165, 1.54) is 0 Å². The third-order valence-electron chi connectivity index (χ3n) is 9.11.